The predicted octanol–water partition coefficient (Wildman–Crippen LogP) is 2.88. The van der Waals surface area contributed by atoms with E-state index in [1.54, 1.807) is 12.1 Å². The first-order chi connectivity index (χ1) is 13.5. The molecule has 0 saturated heterocycles. The van der Waals surface area contributed by atoms with Gasteiger partial charge in [0.1, 0.15) is 12.4 Å². The maximum Gasteiger partial charge on any atom is 0.306 e. The summed E-state index contributed by atoms with van der Waals surface area (Å²) in [6.07, 6.45) is 0.0691. The standard InChI is InChI=1S/C19H21ClO7S2/c1-14-3-6-16(7-4-14)28(22,23)12-11-27-19(21)10-5-15-13-17(29(20,24)25)8-9-18(15)26-2/h3-4,6-9,13H,5,10-12H2,1-2H3. The van der Waals surface area contributed by atoms with Crippen molar-refractivity contribution in [1.82, 2.24) is 0 Å². The van der Waals surface area contributed by atoms with Crippen molar-refractivity contribution in [2.24, 2.45) is 0 Å². The third-order valence-corrected chi connectivity index (χ3v) is 7.17. The summed E-state index contributed by atoms with van der Waals surface area (Å²) >= 11 is 0. The number of benzene rings is 2. The van der Waals surface area contributed by atoms with Gasteiger partial charge in [-0.1, -0.05) is 17.7 Å². The first kappa shape index (κ1) is 23.2. The summed E-state index contributed by atoms with van der Waals surface area (Å²) in [4.78, 5) is 12.0. The van der Waals surface area contributed by atoms with E-state index in [9.17, 15) is 21.6 Å². The molecule has 29 heavy (non-hydrogen) atoms. The van der Waals surface area contributed by atoms with E-state index in [1.165, 1.54) is 37.4 Å². The Balaban J connectivity index is 1.92. The highest BCUT2D eigenvalue weighted by molar-refractivity contribution is 8.13. The van der Waals surface area contributed by atoms with Crippen LogP contribution in [-0.2, 0) is 34.8 Å². The number of carbonyl (C=O) groups excluding carboxylic acids is 1. The zero-order valence-corrected chi connectivity index (χ0v) is 18.3. The van der Waals surface area contributed by atoms with Crippen LogP contribution in [0.2, 0.25) is 0 Å². The molecule has 7 nitrogen and oxygen atoms in total. The lowest BCUT2D eigenvalue weighted by atomic mass is 10.1. The molecule has 0 saturated carbocycles. The lowest BCUT2D eigenvalue weighted by Crippen LogP contribution is -2.16. The molecule has 10 heteroatoms. The van der Waals surface area contributed by atoms with Crippen molar-refractivity contribution in [3.8, 4) is 5.75 Å². The van der Waals surface area contributed by atoms with E-state index in [0.717, 1.165) is 5.56 Å². The topological polar surface area (TPSA) is 104 Å². The largest absolute Gasteiger partial charge is 0.496 e. The second-order valence-electron chi connectivity index (χ2n) is 6.26. The molecule has 0 aromatic heterocycles. The molecule has 0 bridgehead atoms. The Morgan fingerprint density at radius 3 is 2.21 bits per heavy atom. The maximum absolute atomic E-state index is 12.2. The smallest absolute Gasteiger partial charge is 0.306 e. The average molecular weight is 461 g/mol. The molecule has 0 spiro atoms. The molecule has 0 aliphatic carbocycles. The third-order valence-electron chi connectivity index (χ3n) is 4.13. The van der Waals surface area contributed by atoms with Crippen LogP contribution in [0.15, 0.2) is 52.3 Å². The van der Waals surface area contributed by atoms with Gasteiger partial charge >= 0.3 is 5.97 Å². The summed E-state index contributed by atoms with van der Waals surface area (Å²) in [7, 11) is -0.705. The van der Waals surface area contributed by atoms with Gasteiger partial charge in [-0.25, -0.2) is 16.8 Å². The Morgan fingerprint density at radius 2 is 1.62 bits per heavy atom. The molecule has 0 radical (unpaired) electrons. The number of ether oxygens (including phenoxy) is 2. The van der Waals surface area contributed by atoms with E-state index in [1.807, 2.05) is 6.92 Å². The van der Waals surface area contributed by atoms with Gasteiger partial charge in [-0.3, -0.25) is 4.79 Å². The molecule has 0 heterocycles. The van der Waals surface area contributed by atoms with Gasteiger partial charge in [0.25, 0.3) is 9.05 Å². The second-order valence-corrected chi connectivity index (χ2v) is 10.9. The molecule has 0 unspecified atom stereocenters. The summed E-state index contributed by atoms with van der Waals surface area (Å²) in [5.41, 5.74) is 1.41. The SMILES string of the molecule is COc1ccc(S(=O)(=O)Cl)cc1CCC(=O)OCCS(=O)(=O)c1ccc(C)cc1. The minimum atomic E-state index is -3.91. The van der Waals surface area contributed by atoms with Crippen molar-refractivity contribution in [3.05, 3.63) is 53.6 Å². The van der Waals surface area contributed by atoms with Gasteiger partial charge in [0, 0.05) is 17.1 Å². The highest BCUT2D eigenvalue weighted by Crippen LogP contribution is 2.25. The second kappa shape index (κ2) is 9.60. The number of esters is 1. The van der Waals surface area contributed by atoms with Crippen molar-refractivity contribution in [3.63, 3.8) is 0 Å². The van der Waals surface area contributed by atoms with Gasteiger partial charge in [-0.15, -0.1) is 0 Å². The quantitative estimate of drug-likeness (QED) is 0.418. The van der Waals surface area contributed by atoms with Crippen LogP contribution in [-0.4, -0.2) is 42.3 Å². The fourth-order valence-electron chi connectivity index (χ4n) is 2.54. The number of methoxy groups -OCH3 is 1. The molecular formula is C19H21ClO7S2. The Kier molecular flexibility index (Phi) is 7.67. The molecule has 0 atom stereocenters. The van der Waals surface area contributed by atoms with Crippen LogP contribution in [0.4, 0.5) is 0 Å². The lowest BCUT2D eigenvalue weighted by molar-refractivity contribution is -0.142. The number of hydrogen-bond donors (Lipinski definition) is 0. The van der Waals surface area contributed by atoms with Crippen LogP contribution in [0.1, 0.15) is 17.5 Å². The van der Waals surface area contributed by atoms with Crippen LogP contribution in [0.3, 0.4) is 0 Å². The normalized spacial score (nSPS) is 11.8. The first-order valence-corrected chi connectivity index (χ1v) is 12.6. The fourth-order valence-corrected chi connectivity index (χ4v) is 4.43. The molecule has 158 valence electrons. The number of halogens is 1. The molecule has 0 amide bonds. The number of carbonyl (C=O) groups is 1. The van der Waals surface area contributed by atoms with Crippen molar-refractivity contribution < 1.29 is 31.1 Å². The van der Waals surface area contributed by atoms with Crippen molar-refractivity contribution in [2.75, 3.05) is 19.5 Å². The van der Waals surface area contributed by atoms with Crippen LogP contribution >= 0.6 is 10.7 Å². The van der Waals surface area contributed by atoms with Gasteiger partial charge in [0.05, 0.1) is 22.7 Å². The van der Waals surface area contributed by atoms with E-state index < -0.39 is 24.9 Å². The highest BCUT2D eigenvalue weighted by Gasteiger charge is 2.17. The average Bonchev–Trinajstić information content (AvgIpc) is 2.65. The van der Waals surface area contributed by atoms with Crippen LogP contribution in [0.5, 0.6) is 5.75 Å². The van der Waals surface area contributed by atoms with Gasteiger partial charge in [0.15, 0.2) is 9.84 Å². The zero-order valence-electron chi connectivity index (χ0n) is 15.9. The number of rotatable bonds is 9. The molecule has 0 fully saturated rings. The maximum atomic E-state index is 12.2. The Hall–Kier alpha value is -2.10. The summed E-state index contributed by atoms with van der Waals surface area (Å²) in [6, 6.07) is 10.5. The van der Waals surface area contributed by atoms with Crippen molar-refractivity contribution in [1.29, 1.82) is 0 Å². The third kappa shape index (κ3) is 6.73. The van der Waals surface area contributed by atoms with E-state index in [2.05, 4.69) is 0 Å². The lowest BCUT2D eigenvalue weighted by Gasteiger charge is -2.10. The number of sulfone groups is 1. The van der Waals surface area contributed by atoms with Gasteiger partial charge < -0.3 is 9.47 Å². The number of hydrogen-bond acceptors (Lipinski definition) is 7. The molecular weight excluding hydrogens is 440 g/mol. The number of aryl methyl sites for hydroxylation is 2. The van der Waals surface area contributed by atoms with Gasteiger partial charge in [0.2, 0.25) is 0 Å². The summed E-state index contributed by atoms with van der Waals surface area (Å²) in [5.74, 6) is -0.528. The van der Waals surface area contributed by atoms with E-state index in [0.29, 0.717) is 11.3 Å². The molecule has 2 aromatic carbocycles. The predicted molar refractivity (Wildman–Crippen MR) is 109 cm³/mol. The van der Waals surface area contributed by atoms with E-state index in [4.69, 9.17) is 20.2 Å². The summed E-state index contributed by atoms with van der Waals surface area (Å²) in [6.45, 7) is 1.58. The summed E-state index contributed by atoms with van der Waals surface area (Å²) < 4.78 is 57.6. The fraction of sp³-hybridized carbons (Fsp3) is 0.316. The van der Waals surface area contributed by atoms with Gasteiger partial charge in [-0.2, -0.15) is 0 Å². The molecule has 0 N–H and O–H groups in total. The van der Waals surface area contributed by atoms with E-state index in [-0.39, 0.29) is 35.0 Å². The minimum absolute atomic E-state index is 0.0767. The van der Waals surface area contributed by atoms with Crippen LogP contribution in [0.25, 0.3) is 0 Å². The zero-order chi connectivity index (χ0) is 21.7. The summed E-state index contributed by atoms with van der Waals surface area (Å²) in [5, 5.41) is 0. The first-order valence-electron chi connectivity index (χ1n) is 8.59. The Morgan fingerprint density at radius 1 is 1.00 bits per heavy atom. The molecule has 0 aliphatic rings. The Labute approximate surface area is 174 Å². The van der Waals surface area contributed by atoms with E-state index >= 15 is 0 Å². The van der Waals surface area contributed by atoms with Crippen molar-refractivity contribution in [2.45, 2.75) is 29.6 Å². The van der Waals surface area contributed by atoms with Crippen molar-refractivity contribution >= 4 is 35.5 Å². The Bertz CT molecular complexity index is 1080. The monoisotopic (exact) mass is 460 g/mol. The highest BCUT2D eigenvalue weighted by atomic mass is 35.7. The van der Waals surface area contributed by atoms with Gasteiger partial charge in [-0.05, 0) is 49.2 Å². The minimum Gasteiger partial charge on any atom is -0.496 e. The molecule has 2 aromatic rings. The molecule has 2 rings (SSSR count). The van der Waals surface area contributed by atoms with Crippen LogP contribution in [0, 0.1) is 6.92 Å². The van der Waals surface area contributed by atoms with Crippen LogP contribution < -0.4 is 4.74 Å². The molecule has 0 aliphatic heterocycles.